The van der Waals surface area contributed by atoms with E-state index in [0.29, 0.717) is 0 Å². The van der Waals surface area contributed by atoms with E-state index in [-0.39, 0.29) is 12.8 Å². The lowest BCUT2D eigenvalue weighted by Crippen LogP contribution is -2.54. The summed E-state index contributed by atoms with van der Waals surface area (Å²) in [5.41, 5.74) is 1.67. The van der Waals surface area contributed by atoms with Crippen LogP contribution in [0.3, 0.4) is 0 Å². The molecule has 2 fully saturated rings. The number of benzene rings is 2. The van der Waals surface area contributed by atoms with Crippen molar-refractivity contribution in [3.05, 3.63) is 71.8 Å². The molecule has 0 aliphatic carbocycles. The zero-order chi connectivity index (χ0) is 20.9. The number of hydrogen-bond acceptors (Lipinski definition) is 5. The Labute approximate surface area is 202 Å². The van der Waals surface area contributed by atoms with Crippen LogP contribution in [0.1, 0.15) is 11.1 Å². The average Bonchev–Trinajstić information content (AvgIpc) is 3.51. The molecule has 0 aromatic heterocycles. The highest BCUT2D eigenvalue weighted by Gasteiger charge is 2.71. The summed E-state index contributed by atoms with van der Waals surface area (Å²) < 4.78 is 15.4. The summed E-state index contributed by atoms with van der Waals surface area (Å²) in [6.07, 6.45) is -1.29. The van der Waals surface area contributed by atoms with E-state index in [1.165, 1.54) is 0 Å². The number of epoxide rings is 2. The number of alkyl halides is 4. The highest BCUT2D eigenvalue weighted by atomic mass is 79.9. The van der Waals surface area contributed by atoms with Crippen LogP contribution in [0.2, 0.25) is 0 Å². The Balaban J connectivity index is 1.65. The fraction of sp³-hybridized carbons (Fsp3) is 0.400. The molecule has 156 valence electrons. The summed E-state index contributed by atoms with van der Waals surface area (Å²) in [7, 11) is 0. The van der Waals surface area contributed by atoms with Gasteiger partial charge in [0.15, 0.2) is 12.2 Å². The van der Waals surface area contributed by atoms with Crippen LogP contribution in [0.15, 0.2) is 60.7 Å². The zero-order valence-electron chi connectivity index (χ0n) is 15.0. The number of halogens is 4. The minimum Gasteiger partial charge on any atom is -0.363 e. The Morgan fingerprint density at radius 1 is 0.724 bits per heavy atom. The van der Waals surface area contributed by atoms with Gasteiger partial charge in [0.05, 0.1) is 0 Å². The second kappa shape index (κ2) is 7.94. The second-order valence-corrected chi connectivity index (χ2v) is 14.1. The lowest BCUT2D eigenvalue weighted by Gasteiger charge is -2.37. The van der Waals surface area contributed by atoms with Crippen molar-refractivity contribution in [1.29, 1.82) is 0 Å². The molecule has 2 aromatic carbocycles. The van der Waals surface area contributed by atoms with E-state index in [0.717, 1.165) is 11.1 Å². The Hall–Kier alpha value is 0.160. The van der Waals surface area contributed by atoms with Crippen LogP contribution in [0, 0.1) is 0 Å². The number of rotatable bonds is 8. The molecular formula is C20H18Br4O5. The third-order valence-electron chi connectivity index (χ3n) is 4.82. The first-order valence-corrected chi connectivity index (χ1v) is 12.1. The molecule has 0 spiro atoms. The van der Waals surface area contributed by atoms with Gasteiger partial charge < -0.3 is 24.4 Å². The van der Waals surface area contributed by atoms with Gasteiger partial charge in [-0.15, -0.1) is 0 Å². The van der Waals surface area contributed by atoms with Crippen molar-refractivity contribution < 1.29 is 24.4 Å². The van der Waals surface area contributed by atoms with Crippen LogP contribution in [0.5, 0.6) is 0 Å². The molecule has 0 saturated carbocycles. The summed E-state index contributed by atoms with van der Waals surface area (Å²) in [6, 6.07) is 18.8. The Bertz CT molecular complexity index is 794. The standard InChI is InChI=1S/C20H18Br4O5/c21-19(22)15(27-19)17(25,11-13-7-3-1-4-8-13)29-18(26,16-20(23,24)28-16)12-14-9-5-2-6-10-14/h1-10,15-16,25-26H,11-12H2. The van der Waals surface area contributed by atoms with Gasteiger partial charge in [-0.2, -0.15) is 0 Å². The van der Waals surface area contributed by atoms with Gasteiger partial charge in [0.2, 0.25) is 18.4 Å². The normalized spacial score (nSPS) is 28.2. The van der Waals surface area contributed by atoms with Gasteiger partial charge in [0, 0.05) is 12.8 Å². The van der Waals surface area contributed by atoms with Gasteiger partial charge >= 0.3 is 0 Å². The molecule has 2 saturated heterocycles. The zero-order valence-corrected chi connectivity index (χ0v) is 21.3. The first-order chi connectivity index (χ1) is 13.5. The molecule has 2 N–H and O–H groups in total. The molecule has 4 atom stereocenters. The predicted molar refractivity (Wildman–Crippen MR) is 122 cm³/mol. The van der Waals surface area contributed by atoms with Crippen molar-refractivity contribution in [2.45, 2.75) is 43.5 Å². The number of aliphatic hydroxyl groups is 2. The maximum Gasteiger partial charge on any atom is 0.210 e. The van der Waals surface area contributed by atoms with E-state index in [4.69, 9.17) is 14.2 Å². The van der Waals surface area contributed by atoms with E-state index in [1.807, 2.05) is 60.7 Å². The van der Waals surface area contributed by atoms with E-state index >= 15 is 0 Å². The summed E-state index contributed by atoms with van der Waals surface area (Å²) in [5.74, 6) is -3.67. The van der Waals surface area contributed by atoms with Crippen molar-refractivity contribution in [2.75, 3.05) is 0 Å². The largest absolute Gasteiger partial charge is 0.363 e. The van der Waals surface area contributed by atoms with Crippen LogP contribution < -0.4 is 0 Å². The first kappa shape index (κ1) is 22.4. The van der Waals surface area contributed by atoms with Crippen molar-refractivity contribution in [2.24, 2.45) is 0 Å². The molecule has 29 heavy (non-hydrogen) atoms. The molecule has 0 bridgehead atoms. The molecule has 0 radical (unpaired) electrons. The number of ether oxygens (including phenoxy) is 3. The van der Waals surface area contributed by atoms with Gasteiger partial charge in [0.1, 0.15) is 0 Å². The summed E-state index contributed by atoms with van der Waals surface area (Å²) in [5, 5.41) is 23.1. The highest BCUT2D eigenvalue weighted by Crippen LogP contribution is 2.58. The molecule has 4 unspecified atom stereocenters. The minimum absolute atomic E-state index is 0.110. The fourth-order valence-corrected chi connectivity index (χ4v) is 5.58. The van der Waals surface area contributed by atoms with Crippen LogP contribution in [0.25, 0.3) is 0 Å². The third kappa shape index (κ3) is 4.99. The van der Waals surface area contributed by atoms with Crippen LogP contribution in [-0.2, 0) is 27.1 Å². The molecule has 0 amide bonds. The number of hydrogen-bond donors (Lipinski definition) is 2. The molecular weight excluding hydrogens is 640 g/mol. The lowest BCUT2D eigenvalue weighted by atomic mass is 9.98. The maximum atomic E-state index is 11.5. The predicted octanol–water partition coefficient (Wildman–Crippen LogP) is 4.55. The van der Waals surface area contributed by atoms with Gasteiger partial charge in [0.25, 0.3) is 0 Å². The maximum absolute atomic E-state index is 11.5. The average molecular weight is 658 g/mol. The third-order valence-corrected chi connectivity index (χ3v) is 7.23. The summed E-state index contributed by atoms with van der Waals surface area (Å²) in [6.45, 7) is 0. The van der Waals surface area contributed by atoms with Crippen LogP contribution in [-0.4, -0.2) is 40.8 Å². The Morgan fingerprint density at radius 2 is 1.03 bits per heavy atom. The summed E-state index contributed by atoms with van der Waals surface area (Å²) in [4.78, 5) is 0. The van der Waals surface area contributed by atoms with Gasteiger partial charge in [-0.3, -0.25) is 0 Å². The van der Waals surface area contributed by atoms with Crippen LogP contribution in [0.4, 0.5) is 0 Å². The SMILES string of the molecule is OC(Cc1ccccc1)(OC(O)(Cc1ccccc1)C1OC1(Br)Br)C1OC1(Br)Br. The highest BCUT2D eigenvalue weighted by molar-refractivity contribution is 9.25. The van der Waals surface area contributed by atoms with Crippen molar-refractivity contribution in [3.63, 3.8) is 0 Å². The van der Waals surface area contributed by atoms with E-state index in [2.05, 4.69) is 63.7 Å². The molecule has 5 nitrogen and oxygen atoms in total. The van der Waals surface area contributed by atoms with Crippen molar-refractivity contribution in [3.8, 4) is 0 Å². The van der Waals surface area contributed by atoms with Crippen LogP contribution >= 0.6 is 63.7 Å². The lowest BCUT2D eigenvalue weighted by molar-refractivity contribution is -0.343. The van der Waals surface area contributed by atoms with Crippen molar-refractivity contribution >= 4 is 63.7 Å². The van der Waals surface area contributed by atoms with E-state index < -0.39 is 30.6 Å². The Kier molecular flexibility index (Phi) is 6.12. The van der Waals surface area contributed by atoms with Crippen molar-refractivity contribution in [1.82, 2.24) is 0 Å². The molecule has 9 heteroatoms. The van der Waals surface area contributed by atoms with Gasteiger partial charge in [-0.05, 0) is 74.8 Å². The monoisotopic (exact) mass is 654 g/mol. The fourth-order valence-electron chi connectivity index (χ4n) is 3.40. The van der Waals surface area contributed by atoms with E-state index in [9.17, 15) is 10.2 Å². The molecule has 2 aliphatic heterocycles. The Morgan fingerprint density at radius 3 is 1.31 bits per heavy atom. The van der Waals surface area contributed by atoms with E-state index in [1.54, 1.807) is 0 Å². The quantitative estimate of drug-likeness (QED) is 0.248. The first-order valence-electron chi connectivity index (χ1n) is 8.88. The topological polar surface area (TPSA) is 74.8 Å². The molecule has 4 rings (SSSR count). The van der Waals surface area contributed by atoms with Gasteiger partial charge in [-0.1, -0.05) is 60.7 Å². The minimum atomic E-state index is -1.83. The van der Waals surface area contributed by atoms with Gasteiger partial charge in [-0.25, -0.2) is 0 Å². The molecule has 2 heterocycles. The molecule has 2 aromatic rings. The second-order valence-electron chi connectivity index (χ2n) is 7.24. The smallest absolute Gasteiger partial charge is 0.210 e. The molecule has 2 aliphatic rings. The summed E-state index contributed by atoms with van der Waals surface area (Å²) >= 11 is 13.5.